The molecule has 2 N–H and O–H groups in total. The molecule has 0 fully saturated rings. The minimum absolute atomic E-state index is 0.143. The third-order valence-corrected chi connectivity index (χ3v) is 2.79. The van der Waals surface area contributed by atoms with Crippen LogP contribution in [-0.4, -0.2) is 23.3 Å². The molecule has 1 aliphatic rings. The van der Waals surface area contributed by atoms with Gasteiger partial charge in [-0.15, -0.1) is 11.8 Å². The van der Waals surface area contributed by atoms with Crippen LogP contribution in [0, 0.1) is 5.92 Å². The van der Waals surface area contributed by atoms with E-state index in [9.17, 15) is 9.90 Å². The van der Waals surface area contributed by atoms with Crippen molar-refractivity contribution in [1.29, 1.82) is 0 Å². The largest absolute Gasteiger partial charge is 0.509 e. The monoisotopic (exact) mass is 201 g/mol. The Labute approximate surface area is 82.6 Å². The molecule has 1 heterocycles. The molecule has 0 spiro atoms. The van der Waals surface area contributed by atoms with Gasteiger partial charge in [0.05, 0.1) is 6.04 Å². The Balaban J connectivity index is 2.73. The standard InChI is InChI=1S/C9H15NO2S/c1-5(2)4-6-7(11)8(13-3)9(12)10-6/h5-6,11H,4H2,1-3H3,(H,10,12). The summed E-state index contributed by atoms with van der Waals surface area (Å²) in [5.41, 5.74) is 0. The zero-order valence-corrected chi connectivity index (χ0v) is 8.94. The fraction of sp³-hybridized carbons (Fsp3) is 0.667. The first-order valence-electron chi connectivity index (χ1n) is 4.34. The SMILES string of the molecule is CSC1=C(O)C(CC(C)C)NC1=O. The van der Waals surface area contributed by atoms with Crippen LogP contribution in [0.5, 0.6) is 0 Å². The van der Waals surface area contributed by atoms with Gasteiger partial charge in [-0.1, -0.05) is 13.8 Å². The first kappa shape index (κ1) is 10.4. The van der Waals surface area contributed by atoms with Crippen LogP contribution >= 0.6 is 11.8 Å². The van der Waals surface area contributed by atoms with Gasteiger partial charge in [0.2, 0.25) is 0 Å². The Bertz CT molecular complexity index is 248. The third-order valence-electron chi connectivity index (χ3n) is 1.99. The molecule has 0 bridgehead atoms. The summed E-state index contributed by atoms with van der Waals surface area (Å²) in [6.45, 7) is 4.13. The van der Waals surface area contributed by atoms with E-state index >= 15 is 0 Å². The summed E-state index contributed by atoms with van der Waals surface area (Å²) in [5, 5.41) is 12.4. The lowest BCUT2D eigenvalue weighted by atomic mass is 10.0. The second kappa shape index (κ2) is 4.05. The fourth-order valence-electron chi connectivity index (χ4n) is 1.41. The molecule has 1 unspecified atom stereocenters. The predicted molar refractivity (Wildman–Crippen MR) is 54.6 cm³/mol. The molecule has 0 radical (unpaired) electrons. The molecule has 3 nitrogen and oxygen atoms in total. The summed E-state index contributed by atoms with van der Waals surface area (Å²) in [7, 11) is 0. The molecule has 4 heteroatoms. The molecule has 13 heavy (non-hydrogen) atoms. The lowest BCUT2D eigenvalue weighted by Gasteiger charge is -2.12. The minimum Gasteiger partial charge on any atom is -0.509 e. The number of hydrogen-bond acceptors (Lipinski definition) is 3. The van der Waals surface area contributed by atoms with Gasteiger partial charge in [0.1, 0.15) is 10.7 Å². The van der Waals surface area contributed by atoms with Crippen molar-refractivity contribution < 1.29 is 9.90 Å². The maximum Gasteiger partial charge on any atom is 0.261 e. The number of carbonyl (C=O) groups excluding carboxylic acids is 1. The van der Waals surface area contributed by atoms with E-state index in [-0.39, 0.29) is 17.7 Å². The summed E-state index contributed by atoms with van der Waals surface area (Å²) in [4.78, 5) is 11.7. The number of hydrogen-bond donors (Lipinski definition) is 2. The Morgan fingerprint density at radius 1 is 1.62 bits per heavy atom. The van der Waals surface area contributed by atoms with E-state index in [1.807, 2.05) is 0 Å². The fourth-order valence-corrected chi connectivity index (χ4v) is 2.00. The van der Waals surface area contributed by atoms with E-state index in [4.69, 9.17) is 0 Å². The normalized spacial score (nSPS) is 22.8. The van der Waals surface area contributed by atoms with E-state index in [0.717, 1.165) is 6.42 Å². The molecule has 0 aromatic carbocycles. The Kier molecular flexibility index (Phi) is 3.25. The van der Waals surface area contributed by atoms with Gasteiger partial charge < -0.3 is 10.4 Å². The van der Waals surface area contributed by atoms with Crippen LogP contribution in [0.4, 0.5) is 0 Å². The summed E-state index contributed by atoms with van der Waals surface area (Å²) in [6, 6.07) is -0.171. The molecule has 74 valence electrons. The molecular weight excluding hydrogens is 186 g/mol. The molecule has 1 amide bonds. The van der Waals surface area contributed by atoms with Crippen molar-refractivity contribution in [2.75, 3.05) is 6.26 Å². The maximum atomic E-state index is 11.3. The lowest BCUT2D eigenvalue weighted by Crippen LogP contribution is -2.29. The predicted octanol–water partition coefficient (Wildman–Crippen LogP) is 1.66. The molecule has 1 rings (SSSR count). The van der Waals surface area contributed by atoms with Crippen molar-refractivity contribution in [3.63, 3.8) is 0 Å². The van der Waals surface area contributed by atoms with E-state index in [1.54, 1.807) is 6.26 Å². The van der Waals surface area contributed by atoms with Crippen LogP contribution in [-0.2, 0) is 4.79 Å². The van der Waals surface area contributed by atoms with Gasteiger partial charge in [-0.25, -0.2) is 0 Å². The van der Waals surface area contributed by atoms with Gasteiger partial charge in [-0.3, -0.25) is 4.79 Å². The highest BCUT2D eigenvalue weighted by molar-refractivity contribution is 8.03. The van der Waals surface area contributed by atoms with Crippen LogP contribution in [0.2, 0.25) is 0 Å². The van der Waals surface area contributed by atoms with E-state index in [2.05, 4.69) is 19.2 Å². The number of thioether (sulfide) groups is 1. The molecule has 0 aromatic heterocycles. The van der Waals surface area contributed by atoms with Gasteiger partial charge in [0.25, 0.3) is 5.91 Å². The first-order valence-corrected chi connectivity index (χ1v) is 5.56. The zero-order chi connectivity index (χ0) is 10.0. The van der Waals surface area contributed by atoms with Crippen LogP contribution in [0.3, 0.4) is 0 Å². The first-order chi connectivity index (χ1) is 6.06. The smallest absolute Gasteiger partial charge is 0.261 e. The van der Waals surface area contributed by atoms with Crippen molar-refractivity contribution in [3.8, 4) is 0 Å². The average Bonchev–Trinajstić information content (AvgIpc) is 2.26. The highest BCUT2D eigenvalue weighted by Gasteiger charge is 2.31. The second-order valence-corrected chi connectivity index (χ2v) is 4.39. The summed E-state index contributed by atoms with van der Waals surface area (Å²) < 4.78 is 0. The molecule has 0 saturated heterocycles. The number of amides is 1. The Morgan fingerprint density at radius 3 is 2.62 bits per heavy atom. The van der Waals surface area contributed by atoms with E-state index in [1.165, 1.54) is 11.8 Å². The molecule has 0 aromatic rings. The van der Waals surface area contributed by atoms with Crippen LogP contribution in [0.1, 0.15) is 20.3 Å². The van der Waals surface area contributed by atoms with Crippen molar-refractivity contribution in [2.24, 2.45) is 5.92 Å². The molecule has 0 saturated carbocycles. The van der Waals surface area contributed by atoms with E-state index in [0.29, 0.717) is 10.8 Å². The van der Waals surface area contributed by atoms with Crippen molar-refractivity contribution in [2.45, 2.75) is 26.3 Å². The van der Waals surface area contributed by atoms with Crippen molar-refractivity contribution in [3.05, 3.63) is 10.7 Å². The van der Waals surface area contributed by atoms with Gasteiger partial charge in [-0.05, 0) is 18.6 Å². The van der Waals surface area contributed by atoms with Crippen LogP contribution in [0.25, 0.3) is 0 Å². The Morgan fingerprint density at radius 2 is 2.23 bits per heavy atom. The van der Waals surface area contributed by atoms with Gasteiger partial charge in [-0.2, -0.15) is 0 Å². The average molecular weight is 201 g/mol. The maximum absolute atomic E-state index is 11.3. The van der Waals surface area contributed by atoms with E-state index < -0.39 is 0 Å². The van der Waals surface area contributed by atoms with Crippen molar-refractivity contribution >= 4 is 17.7 Å². The van der Waals surface area contributed by atoms with Gasteiger partial charge in [0.15, 0.2) is 0 Å². The zero-order valence-electron chi connectivity index (χ0n) is 8.13. The summed E-state index contributed by atoms with van der Waals surface area (Å²) in [5.74, 6) is 0.538. The summed E-state index contributed by atoms with van der Waals surface area (Å²) >= 11 is 1.30. The number of carbonyl (C=O) groups is 1. The summed E-state index contributed by atoms with van der Waals surface area (Å²) in [6.07, 6.45) is 2.59. The minimum atomic E-state index is -0.171. The molecule has 0 aliphatic carbocycles. The molecular formula is C9H15NO2S. The van der Waals surface area contributed by atoms with Crippen LogP contribution in [0.15, 0.2) is 10.7 Å². The second-order valence-electron chi connectivity index (χ2n) is 3.57. The van der Waals surface area contributed by atoms with Gasteiger partial charge >= 0.3 is 0 Å². The molecule has 1 aliphatic heterocycles. The number of rotatable bonds is 3. The lowest BCUT2D eigenvalue weighted by molar-refractivity contribution is -0.116. The molecule has 1 atom stereocenters. The number of aliphatic hydroxyl groups excluding tert-OH is 1. The van der Waals surface area contributed by atoms with Crippen molar-refractivity contribution in [1.82, 2.24) is 5.32 Å². The highest BCUT2D eigenvalue weighted by atomic mass is 32.2. The van der Waals surface area contributed by atoms with Crippen LogP contribution < -0.4 is 5.32 Å². The number of aliphatic hydroxyl groups is 1. The van der Waals surface area contributed by atoms with Gasteiger partial charge in [0, 0.05) is 0 Å². The Hall–Kier alpha value is -0.640. The quantitative estimate of drug-likeness (QED) is 0.730. The third kappa shape index (κ3) is 2.18. The topological polar surface area (TPSA) is 49.3 Å². The highest BCUT2D eigenvalue weighted by Crippen LogP contribution is 2.26. The number of nitrogens with one attached hydrogen (secondary N) is 1.